The van der Waals surface area contributed by atoms with E-state index in [1.165, 1.54) is 7.11 Å². The van der Waals surface area contributed by atoms with Crippen LogP contribution in [0.3, 0.4) is 0 Å². The number of ether oxygens (including phenoxy) is 3. The molecule has 0 amide bonds. The van der Waals surface area contributed by atoms with Crippen molar-refractivity contribution in [1.82, 2.24) is 5.32 Å². The molecule has 0 saturated heterocycles. The smallest absolute Gasteiger partial charge is 0.320 e. The quantitative estimate of drug-likeness (QED) is 0.192. The minimum absolute atomic E-state index is 0.00411. The molecule has 0 unspecified atom stereocenters. The Balaban J connectivity index is 0.000000612. The molecule has 0 aliphatic rings. The maximum atomic E-state index is 11.7. The molecule has 0 heterocycles. The first-order valence-corrected chi connectivity index (χ1v) is 14.0. The van der Waals surface area contributed by atoms with Gasteiger partial charge in [0.25, 0.3) is 0 Å². The Hall–Kier alpha value is -2.90. The molecule has 2 rings (SSSR count). The number of unbranched alkanes of at least 4 members (excludes halogenated alkanes) is 1. The molecule has 38 heavy (non-hydrogen) atoms. The Morgan fingerprint density at radius 1 is 1.08 bits per heavy atom. The molecule has 0 spiro atoms. The minimum Gasteiger partial charge on any atom is -0.495 e. The van der Waals surface area contributed by atoms with Gasteiger partial charge >= 0.3 is 5.97 Å². The van der Waals surface area contributed by atoms with Crippen LogP contribution in [-0.2, 0) is 21.2 Å². The minimum atomic E-state index is -3.84. The summed E-state index contributed by atoms with van der Waals surface area (Å²) in [6, 6.07) is 12.0. The van der Waals surface area contributed by atoms with Crippen LogP contribution in [0.4, 0.5) is 0 Å². The van der Waals surface area contributed by atoms with E-state index in [2.05, 4.69) is 5.32 Å². The lowest BCUT2D eigenvalue weighted by Gasteiger charge is -2.16. The molecule has 8 N–H and O–H groups in total. The van der Waals surface area contributed by atoms with Crippen molar-refractivity contribution in [1.29, 1.82) is 0 Å². The standard InChI is InChI=1S/C20H28N2O5S.C6H14N2O2/c1-4-26-17-7-5-6-8-18(17)27-12-11-22-15(2)13-16-9-10-19(25-3)20(14-16)28(21,23)24;7-4-2-1-3-5(8)6(9)10/h5-10,14-15,22H,4,11-13H2,1-3H3,(H2,21,23,24);5H,1-4,7-8H2,(H,9,10)/t15-;5-/m10/s1. The number of methoxy groups -OCH3 is 1. The number of sulfonamides is 1. The van der Waals surface area contributed by atoms with Gasteiger partial charge in [0.2, 0.25) is 10.0 Å². The number of aliphatic carboxylic acids is 1. The largest absolute Gasteiger partial charge is 0.495 e. The van der Waals surface area contributed by atoms with Crippen molar-refractivity contribution < 1.29 is 32.5 Å². The molecular formula is C26H42N4O7S. The van der Waals surface area contributed by atoms with Crippen LogP contribution in [0.15, 0.2) is 47.4 Å². The number of benzene rings is 2. The predicted molar refractivity (Wildman–Crippen MR) is 147 cm³/mol. The summed E-state index contributed by atoms with van der Waals surface area (Å²) in [4.78, 5) is 10.1. The second-order valence-corrected chi connectivity index (χ2v) is 10.1. The average molecular weight is 555 g/mol. The SMILES string of the molecule is CCOc1ccccc1OCCN[C@H](C)Cc1ccc(OC)c(S(N)(=O)=O)c1.NCCCC[C@H](N)C(=O)O. The molecule has 0 fully saturated rings. The number of nitrogens with one attached hydrogen (secondary N) is 1. The molecule has 214 valence electrons. The first-order chi connectivity index (χ1) is 18.0. The van der Waals surface area contributed by atoms with Crippen molar-refractivity contribution in [3.05, 3.63) is 48.0 Å². The number of hydrogen-bond acceptors (Lipinski definition) is 9. The molecule has 12 heteroatoms. The first-order valence-electron chi connectivity index (χ1n) is 12.5. The van der Waals surface area contributed by atoms with Gasteiger partial charge in [-0.2, -0.15) is 0 Å². The number of carbonyl (C=O) groups is 1. The number of carboxylic acids is 1. The second kappa shape index (κ2) is 17.6. The molecule has 11 nitrogen and oxygen atoms in total. The molecule has 0 radical (unpaired) electrons. The van der Waals surface area contributed by atoms with E-state index in [0.29, 0.717) is 44.9 Å². The van der Waals surface area contributed by atoms with Gasteiger partial charge in [-0.1, -0.05) is 24.6 Å². The van der Waals surface area contributed by atoms with Crippen molar-refractivity contribution in [2.45, 2.75) is 56.5 Å². The van der Waals surface area contributed by atoms with E-state index in [9.17, 15) is 13.2 Å². The van der Waals surface area contributed by atoms with Crippen LogP contribution < -0.4 is 36.1 Å². The van der Waals surface area contributed by atoms with Gasteiger partial charge < -0.3 is 36.1 Å². The van der Waals surface area contributed by atoms with E-state index in [0.717, 1.165) is 24.2 Å². The van der Waals surface area contributed by atoms with Gasteiger partial charge in [-0.05, 0) is 69.5 Å². The van der Waals surface area contributed by atoms with Crippen molar-refractivity contribution in [2.24, 2.45) is 16.6 Å². The molecule has 0 aliphatic heterocycles. The van der Waals surface area contributed by atoms with Crippen LogP contribution in [0.5, 0.6) is 17.2 Å². The predicted octanol–water partition coefficient (Wildman–Crippen LogP) is 1.87. The van der Waals surface area contributed by atoms with Gasteiger partial charge in [0.15, 0.2) is 11.5 Å². The number of para-hydroxylation sites is 2. The molecule has 0 aliphatic carbocycles. The number of hydrogen-bond donors (Lipinski definition) is 5. The average Bonchev–Trinajstić information content (AvgIpc) is 2.87. The highest BCUT2D eigenvalue weighted by Gasteiger charge is 2.16. The fourth-order valence-corrected chi connectivity index (χ4v) is 4.19. The highest BCUT2D eigenvalue weighted by Crippen LogP contribution is 2.26. The van der Waals surface area contributed by atoms with E-state index >= 15 is 0 Å². The summed E-state index contributed by atoms with van der Waals surface area (Å²) in [5.41, 5.74) is 11.3. The van der Waals surface area contributed by atoms with Crippen molar-refractivity contribution >= 4 is 16.0 Å². The maximum absolute atomic E-state index is 11.7. The van der Waals surface area contributed by atoms with Crippen LogP contribution in [0, 0.1) is 0 Å². The highest BCUT2D eigenvalue weighted by atomic mass is 32.2. The molecule has 0 saturated carbocycles. The van der Waals surface area contributed by atoms with Crippen LogP contribution >= 0.6 is 0 Å². The Labute approximate surface area is 225 Å². The molecule has 2 aromatic carbocycles. The van der Waals surface area contributed by atoms with Crippen molar-refractivity contribution in [3.8, 4) is 17.2 Å². The number of carboxylic acid groups (broad SMARTS) is 1. The zero-order valence-electron chi connectivity index (χ0n) is 22.4. The van der Waals surface area contributed by atoms with Gasteiger partial charge in [-0.25, -0.2) is 13.6 Å². The number of rotatable bonds is 16. The summed E-state index contributed by atoms with van der Waals surface area (Å²) >= 11 is 0. The molecule has 0 bridgehead atoms. The van der Waals surface area contributed by atoms with E-state index in [1.807, 2.05) is 44.2 Å². The van der Waals surface area contributed by atoms with Gasteiger partial charge in [0.05, 0.1) is 13.7 Å². The van der Waals surface area contributed by atoms with Crippen LogP contribution in [-0.4, -0.2) is 65.0 Å². The lowest BCUT2D eigenvalue weighted by Crippen LogP contribution is -2.32. The number of nitrogens with two attached hydrogens (primary N) is 3. The van der Waals surface area contributed by atoms with E-state index in [4.69, 9.17) is 35.9 Å². The van der Waals surface area contributed by atoms with E-state index in [-0.39, 0.29) is 16.7 Å². The fourth-order valence-electron chi connectivity index (χ4n) is 3.44. The van der Waals surface area contributed by atoms with Crippen LogP contribution in [0.1, 0.15) is 38.7 Å². The van der Waals surface area contributed by atoms with E-state index < -0.39 is 22.0 Å². The third-order valence-electron chi connectivity index (χ3n) is 5.36. The Morgan fingerprint density at radius 3 is 2.29 bits per heavy atom. The summed E-state index contributed by atoms with van der Waals surface area (Å²) in [5, 5.41) is 17.0. The number of primary sulfonamides is 1. The first kappa shape index (κ1) is 33.1. The zero-order chi connectivity index (χ0) is 28.6. The Morgan fingerprint density at radius 2 is 1.74 bits per heavy atom. The van der Waals surface area contributed by atoms with Gasteiger partial charge in [-0.15, -0.1) is 0 Å². The summed E-state index contributed by atoms with van der Waals surface area (Å²) in [7, 11) is -2.43. The molecular weight excluding hydrogens is 512 g/mol. The fraction of sp³-hybridized carbons (Fsp3) is 0.500. The normalized spacial score (nSPS) is 12.6. The topological polar surface area (TPSA) is 189 Å². The molecule has 2 atom stereocenters. The van der Waals surface area contributed by atoms with E-state index in [1.54, 1.807) is 12.1 Å². The van der Waals surface area contributed by atoms with Gasteiger partial charge in [0.1, 0.15) is 23.3 Å². The zero-order valence-corrected chi connectivity index (χ0v) is 23.2. The maximum Gasteiger partial charge on any atom is 0.320 e. The van der Waals surface area contributed by atoms with Crippen molar-refractivity contribution in [3.63, 3.8) is 0 Å². The monoisotopic (exact) mass is 554 g/mol. The third kappa shape index (κ3) is 12.6. The molecule has 0 aromatic heterocycles. The molecule has 2 aromatic rings. The Bertz CT molecular complexity index is 1080. The van der Waals surface area contributed by atoms with Crippen LogP contribution in [0.25, 0.3) is 0 Å². The third-order valence-corrected chi connectivity index (χ3v) is 6.30. The summed E-state index contributed by atoms with van der Waals surface area (Å²) in [6.07, 6.45) is 2.81. The lowest BCUT2D eigenvalue weighted by molar-refractivity contribution is -0.138. The van der Waals surface area contributed by atoms with Crippen molar-refractivity contribution in [2.75, 3.05) is 33.4 Å². The summed E-state index contributed by atoms with van der Waals surface area (Å²) in [6.45, 7) is 6.26. The second-order valence-electron chi connectivity index (χ2n) is 8.55. The van der Waals surface area contributed by atoms with Gasteiger partial charge in [0, 0.05) is 12.6 Å². The van der Waals surface area contributed by atoms with Crippen LogP contribution in [0.2, 0.25) is 0 Å². The van der Waals surface area contributed by atoms with Gasteiger partial charge in [-0.3, -0.25) is 4.79 Å². The Kier molecular flexibility index (Phi) is 15.3. The summed E-state index contributed by atoms with van der Waals surface area (Å²) in [5.74, 6) is 0.754. The highest BCUT2D eigenvalue weighted by molar-refractivity contribution is 7.89. The summed E-state index contributed by atoms with van der Waals surface area (Å²) < 4.78 is 39.9. The lowest BCUT2D eigenvalue weighted by atomic mass is 10.1.